The zero-order valence-electron chi connectivity index (χ0n) is 13.6. The molecule has 1 atom stereocenters. The second-order valence-corrected chi connectivity index (χ2v) is 8.92. The molecule has 1 nitrogen and oxygen atoms in total. The molecule has 1 heterocycles. The molecule has 0 aromatic carbocycles. The van der Waals surface area contributed by atoms with Crippen LogP contribution in [-0.4, -0.2) is 23.1 Å². The lowest BCUT2D eigenvalue weighted by Gasteiger charge is -2.27. The molecule has 0 aromatic rings. The van der Waals surface area contributed by atoms with Gasteiger partial charge in [-0.1, -0.05) is 57.8 Å². The summed E-state index contributed by atoms with van der Waals surface area (Å²) in [6.45, 7) is 3.70. The first kappa shape index (κ1) is 16.7. The fourth-order valence-electron chi connectivity index (χ4n) is 3.70. The molecular weight excluding hydrogens is 262 g/mol. The third-order valence-electron chi connectivity index (χ3n) is 5.17. The highest BCUT2D eigenvalue weighted by Gasteiger charge is 2.29. The van der Waals surface area contributed by atoms with Crippen LogP contribution >= 0.6 is 11.8 Å². The van der Waals surface area contributed by atoms with Crippen molar-refractivity contribution in [2.45, 2.75) is 101 Å². The molecule has 1 N–H and O–H groups in total. The van der Waals surface area contributed by atoms with E-state index in [4.69, 9.17) is 0 Å². The molecule has 1 aliphatic heterocycles. The van der Waals surface area contributed by atoms with Gasteiger partial charge in [0.15, 0.2) is 0 Å². The quantitative estimate of drug-likeness (QED) is 0.734. The topological polar surface area (TPSA) is 12.0 Å². The van der Waals surface area contributed by atoms with Crippen LogP contribution in [0, 0.1) is 0 Å². The van der Waals surface area contributed by atoms with Gasteiger partial charge in [-0.2, -0.15) is 11.8 Å². The van der Waals surface area contributed by atoms with Gasteiger partial charge in [0.05, 0.1) is 0 Å². The Labute approximate surface area is 131 Å². The highest BCUT2D eigenvalue weighted by atomic mass is 32.2. The van der Waals surface area contributed by atoms with Crippen LogP contribution in [0.5, 0.6) is 0 Å². The third kappa shape index (κ3) is 6.39. The number of hydrogen-bond donors (Lipinski definition) is 1. The van der Waals surface area contributed by atoms with Crippen LogP contribution in [0.3, 0.4) is 0 Å². The summed E-state index contributed by atoms with van der Waals surface area (Å²) in [6, 6.07) is 0.799. The van der Waals surface area contributed by atoms with Gasteiger partial charge in [-0.05, 0) is 38.4 Å². The molecule has 2 rings (SSSR count). The second kappa shape index (κ2) is 9.35. The van der Waals surface area contributed by atoms with Crippen molar-refractivity contribution in [1.82, 2.24) is 5.32 Å². The highest BCUT2D eigenvalue weighted by Crippen LogP contribution is 2.37. The Balaban J connectivity index is 1.71. The molecular formula is C18H35NS. The standard InChI is InChI=1S/C18H35NS/c1-18(14-11-15-20-18)16-19-17-12-9-7-5-3-2-4-6-8-10-13-17/h17,19H,2-16H2,1H3. The van der Waals surface area contributed by atoms with E-state index in [-0.39, 0.29) is 0 Å². The van der Waals surface area contributed by atoms with Gasteiger partial charge in [-0.3, -0.25) is 0 Å². The predicted octanol–water partition coefficient (Wildman–Crippen LogP) is 5.54. The number of nitrogens with one attached hydrogen (secondary N) is 1. The summed E-state index contributed by atoms with van der Waals surface area (Å²) in [5, 5.41) is 3.94. The molecule has 0 bridgehead atoms. The summed E-state index contributed by atoms with van der Waals surface area (Å²) in [6.07, 6.45) is 18.9. The van der Waals surface area contributed by atoms with E-state index in [9.17, 15) is 0 Å². The van der Waals surface area contributed by atoms with Crippen molar-refractivity contribution >= 4 is 11.8 Å². The van der Waals surface area contributed by atoms with Gasteiger partial charge in [-0.25, -0.2) is 0 Å². The molecule has 2 heteroatoms. The highest BCUT2D eigenvalue weighted by molar-refractivity contribution is 8.00. The minimum atomic E-state index is 0.531. The molecule has 1 aliphatic carbocycles. The SMILES string of the molecule is CC1(CNC2CCCCCCCCCCC2)CCCS1. The average molecular weight is 298 g/mol. The number of thioether (sulfide) groups is 1. The first-order valence-electron chi connectivity index (χ1n) is 9.16. The lowest BCUT2D eigenvalue weighted by molar-refractivity contribution is 0.386. The normalized spacial score (nSPS) is 31.6. The van der Waals surface area contributed by atoms with Crippen LogP contribution in [0.25, 0.3) is 0 Å². The Morgan fingerprint density at radius 1 is 0.850 bits per heavy atom. The fraction of sp³-hybridized carbons (Fsp3) is 1.00. The monoisotopic (exact) mass is 297 g/mol. The first-order valence-corrected chi connectivity index (χ1v) is 10.1. The van der Waals surface area contributed by atoms with E-state index >= 15 is 0 Å². The van der Waals surface area contributed by atoms with E-state index in [0.717, 1.165) is 6.04 Å². The maximum absolute atomic E-state index is 3.94. The molecule has 0 radical (unpaired) electrons. The molecule has 1 unspecified atom stereocenters. The molecule has 0 aromatic heterocycles. The van der Waals surface area contributed by atoms with Crippen LogP contribution in [-0.2, 0) is 0 Å². The molecule has 2 aliphatic rings. The number of rotatable bonds is 3. The maximum atomic E-state index is 3.94. The van der Waals surface area contributed by atoms with Gasteiger partial charge in [0.2, 0.25) is 0 Å². The van der Waals surface area contributed by atoms with E-state index < -0.39 is 0 Å². The average Bonchev–Trinajstić information content (AvgIpc) is 2.86. The van der Waals surface area contributed by atoms with E-state index in [2.05, 4.69) is 24.0 Å². The van der Waals surface area contributed by atoms with Crippen molar-refractivity contribution in [2.24, 2.45) is 0 Å². The van der Waals surface area contributed by atoms with E-state index in [0.29, 0.717) is 4.75 Å². The predicted molar refractivity (Wildman–Crippen MR) is 92.7 cm³/mol. The summed E-state index contributed by atoms with van der Waals surface area (Å²) in [5.41, 5.74) is 0. The molecule has 118 valence electrons. The Hall–Kier alpha value is 0.310. The smallest absolute Gasteiger partial charge is 0.0256 e. The van der Waals surface area contributed by atoms with Gasteiger partial charge < -0.3 is 5.32 Å². The van der Waals surface area contributed by atoms with Gasteiger partial charge in [0, 0.05) is 17.3 Å². The maximum Gasteiger partial charge on any atom is 0.0256 e. The van der Waals surface area contributed by atoms with Crippen molar-refractivity contribution in [1.29, 1.82) is 0 Å². The van der Waals surface area contributed by atoms with Crippen LogP contribution < -0.4 is 5.32 Å². The van der Waals surface area contributed by atoms with E-state index in [1.54, 1.807) is 0 Å². The van der Waals surface area contributed by atoms with Crippen molar-refractivity contribution in [3.05, 3.63) is 0 Å². The van der Waals surface area contributed by atoms with Gasteiger partial charge in [-0.15, -0.1) is 0 Å². The summed E-state index contributed by atoms with van der Waals surface area (Å²) in [4.78, 5) is 0. The van der Waals surface area contributed by atoms with Crippen molar-refractivity contribution in [2.75, 3.05) is 12.3 Å². The molecule has 0 amide bonds. The Bertz CT molecular complexity index is 236. The Morgan fingerprint density at radius 3 is 1.90 bits per heavy atom. The van der Waals surface area contributed by atoms with Crippen molar-refractivity contribution < 1.29 is 0 Å². The first-order chi connectivity index (χ1) is 9.79. The van der Waals surface area contributed by atoms with Crippen molar-refractivity contribution in [3.63, 3.8) is 0 Å². The summed E-state index contributed by atoms with van der Waals surface area (Å²) in [7, 11) is 0. The molecule has 2 fully saturated rings. The summed E-state index contributed by atoms with van der Waals surface area (Å²) >= 11 is 2.19. The third-order valence-corrected chi connectivity index (χ3v) is 6.71. The van der Waals surface area contributed by atoms with Crippen LogP contribution in [0.4, 0.5) is 0 Å². The fourth-order valence-corrected chi connectivity index (χ4v) is 4.96. The van der Waals surface area contributed by atoms with Crippen LogP contribution in [0.15, 0.2) is 0 Å². The van der Waals surface area contributed by atoms with Gasteiger partial charge in [0.25, 0.3) is 0 Å². The number of hydrogen-bond acceptors (Lipinski definition) is 2. The molecule has 1 saturated carbocycles. The minimum Gasteiger partial charge on any atom is -0.313 e. The van der Waals surface area contributed by atoms with E-state index in [1.165, 1.54) is 95.8 Å². The van der Waals surface area contributed by atoms with Crippen LogP contribution in [0.1, 0.15) is 90.4 Å². The van der Waals surface area contributed by atoms with E-state index in [1.807, 2.05) is 0 Å². The minimum absolute atomic E-state index is 0.531. The van der Waals surface area contributed by atoms with Crippen LogP contribution in [0.2, 0.25) is 0 Å². The largest absolute Gasteiger partial charge is 0.313 e. The Morgan fingerprint density at radius 2 is 1.40 bits per heavy atom. The molecule has 20 heavy (non-hydrogen) atoms. The lowest BCUT2D eigenvalue weighted by atomic mass is 9.97. The summed E-state index contributed by atoms with van der Waals surface area (Å²) < 4.78 is 0.531. The van der Waals surface area contributed by atoms with Crippen molar-refractivity contribution in [3.8, 4) is 0 Å². The lowest BCUT2D eigenvalue weighted by Crippen LogP contribution is -2.39. The van der Waals surface area contributed by atoms with Gasteiger partial charge in [0.1, 0.15) is 0 Å². The second-order valence-electron chi connectivity index (χ2n) is 7.24. The molecule has 1 saturated heterocycles. The molecule has 0 spiro atoms. The zero-order chi connectivity index (χ0) is 14.1. The zero-order valence-corrected chi connectivity index (χ0v) is 14.4. The summed E-state index contributed by atoms with van der Waals surface area (Å²) in [5.74, 6) is 1.38. The Kier molecular flexibility index (Phi) is 7.80. The van der Waals surface area contributed by atoms with Gasteiger partial charge >= 0.3 is 0 Å².